The van der Waals surface area contributed by atoms with Crippen LogP contribution in [0, 0.1) is 13.8 Å². The first kappa shape index (κ1) is 26.8. The van der Waals surface area contributed by atoms with Crippen LogP contribution in [0.4, 0.5) is 11.4 Å². The Morgan fingerprint density at radius 2 is 1.65 bits per heavy atom. The SMILES string of the molecule is CCOc1ccccc1N(CC(=O)N1CCN(c2cc(Cl)ccc2C)CC1)S(=O)(=O)c1ccc(C)cc1. The number of hydrogen-bond donors (Lipinski definition) is 0. The standard InChI is InChI=1S/C28H32ClN3O4S/c1-4-36-27-8-6-5-7-25(27)32(37(34,35)24-13-9-21(2)10-14-24)20-28(33)31-17-15-30(16-18-31)26-19-23(29)12-11-22(26)3/h5-14,19H,4,15-18,20H2,1-3H3. The molecule has 1 amide bonds. The van der Waals surface area contributed by atoms with Crippen molar-refractivity contribution in [2.45, 2.75) is 25.7 Å². The van der Waals surface area contributed by atoms with Gasteiger partial charge < -0.3 is 14.5 Å². The molecule has 7 nitrogen and oxygen atoms in total. The van der Waals surface area contributed by atoms with Crippen molar-refractivity contribution in [3.05, 3.63) is 82.9 Å². The van der Waals surface area contributed by atoms with Crippen LogP contribution in [0.25, 0.3) is 0 Å². The van der Waals surface area contributed by atoms with E-state index in [4.69, 9.17) is 16.3 Å². The van der Waals surface area contributed by atoms with Crippen molar-refractivity contribution in [1.82, 2.24) is 4.90 Å². The maximum absolute atomic E-state index is 13.8. The molecule has 0 atom stereocenters. The van der Waals surface area contributed by atoms with Crippen LogP contribution < -0.4 is 13.9 Å². The topological polar surface area (TPSA) is 70.2 Å². The fraction of sp³-hybridized carbons (Fsp3) is 0.321. The number of carbonyl (C=O) groups excluding carboxylic acids is 1. The predicted molar refractivity (Wildman–Crippen MR) is 148 cm³/mol. The first-order chi connectivity index (χ1) is 17.7. The molecule has 1 aliphatic rings. The number of carbonyl (C=O) groups is 1. The second kappa shape index (κ2) is 11.4. The van der Waals surface area contributed by atoms with Crippen LogP contribution in [-0.2, 0) is 14.8 Å². The highest BCUT2D eigenvalue weighted by Crippen LogP contribution is 2.33. The number of para-hydroxylation sites is 2. The number of nitrogens with zero attached hydrogens (tertiary/aromatic N) is 3. The van der Waals surface area contributed by atoms with Gasteiger partial charge in [-0.1, -0.05) is 47.5 Å². The Bertz CT molecular complexity index is 1350. The van der Waals surface area contributed by atoms with Crippen LogP contribution in [0.15, 0.2) is 71.6 Å². The molecule has 0 saturated carbocycles. The lowest BCUT2D eigenvalue weighted by Gasteiger charge is -2.38. The number of benzene rings is 3. The molecule has 4 rings (SSSR count). The van der Waals surface area contributed by atoms with Crippen molar-refractivity contribution in [3.8, 4) is 5.75 Å². The lowest BCUT2D eigenvalue weighted by molar-refractivity contribution is -0.129. The van der Waals surface area contributed by atoms with Gasteiger partial charge in [-0.25, -0.2) is 8.42 Å². The van der Waals surface area contributed by atoms with E-state index in [9.17, 15) is 13.2 Å². The minimum Gasteiger partial charge on any atom is -0.492 e. The third-order valence-electron chi connectivity index (χ3n) is 6.47. The quantitative estimate of drug-likeness (QED) is 0.406. The molecular formula is C28H32ClN3O4S. The normalized spacial score (nSPS) is 13.9. The van der Waals surface area contributed by atoms with Crippen LogP contribution in [-0.4, -0.2) is 58.6 Å². The fourth-order valence-corrected chi connectivity index (χ4v) is 6.01. The average Bonchev–Trinajstić information content (AvgIpc) is 2.89. The Kier molecular flexibility index (Phi) is 8.29. The zero-order chi connectivity index (χ0) is 26.6. The number of ether oxygens (including phenoxy) is 1. The van der Waals surface area contributed by atoms with E-state index in [-0.39, 0.29) is 17.3 Å². The summed E-state index contributed by atoms with van der Waals surface area (Å²) in [5.41, 5.74) is 3.46. The lowest BCUT2D eigenvalue weighted by atomic mass is 10.1. The molecule has 0 bridgehead atoms. The Labute approximate surface area is 224 Å². The summed E-state index contributed by atoms with van der Waals surface area (Å²) in [6.45, 7) is 8.04. The third kappa shape index (κ3) is 6.02. The molecule has 0 aromatic heterocycles. The van der Waals surface area contributed by atoms with E-state index >= 15 is 0 Å². The molecule has 1 heterocycles. The highest BCUT2D eigenvalue weighted by atomic mass is 35.5. The largest absolute Gasteiger partial charge is 0.492 e. The molecule has 1 fully saturated rings. The number of sulfonamides is 1. The van der Waals surface area contributed by atoms with Crippen molar-refractivity contribution >= 4 is 38.9 Å². The summed E-state index contributed by atoms with van der Waals surface area (Å²) >= 11 is 6.20. The van der Waals surface area contributed by atoms with Crippen molar-refractivity contribution in [3.63, 3.8) is 0 Å². The lowest BCUT2D eigenvalue weighted by Crippen LogP contribution is -2.52. The number of anilines is 2. The van der Waals surface area contributed by atoms with Crippen LogP contribution in [0.5, 0.6) is 5.75 Å². The molecule has 37 heavy (non-hydrogen) atoms. The van der Waals surface area contributed by atoms with E-state index in [2.05, 4.69) is 4.90 Å². The highest BCUT2D eigenvalue weighted by molar-refractivity contribution is 7.92. The summed E-state index contributed by atoms with van der Waals surface area (Å²) in [5.74, 6) is 0.152. The zero-order valence-electron chi connectivity index (χ0n) is 21.4. The Balaban J connectivity index is 1.58. The van der Waals surface area contributed by atoms with Crippen molar-refractivity contribution in [1.29, 1.82) is 0 Å². The first-order valence-corrected chi connectivity index (χ1v) is 14.1. The maximum Gasteiger partial charge on any atom is 0.264 e. The van der Waals surface area contributed by atoms with Gasteiger partial charge in [-0.15, -0.1) is 0 Å². The molecule has 0 spiro atoms. The molecule has 0 N–H and O–H groups in total. The molecule has 9 heteroatoms. The van der Waals surface area contributed by atoms with Gasteiger partial charge in [0.25, 0.3) is 10.0 Å². The fourth-order valence-electron chi connectivity index (χ4n) is 4.42. The molecule has 0 radical (unpaired) electrons. The maximum atomic E-state index is 13.8. The summed E-state index contributed by atoms with van der Waals surface area (Å²) in [7, 11) is -4.03. The summed E-state index contributed by atoms with van der Waals surface area (Å²) in [6.07, 6.45) is 0. The Morgan fingerprint density at radius 3 is 2.32 bits per heavy atom. The van der Waals surface area contributed by atoms with Gasteiger partial charge in [0, 0.05) is 36.9 Å². The molecule has 1 saturated heterocycles. The van der Waals surface area contributed by atoms with Gasteiger partial charge in [-0.05, 0) is 62.7 Å². The molecule has 3 aromatic carbocycles. The van der Waals surface area contributed by atoms with Crippen molar-refractivity contribution in [2.75, 3.05) is 48.5 Å². The molecule has 3 aromatic rings. The Hall–Kier alpha value is -3.23. The molecular weight excluding hydrogens is 510 g/mol. The van der Waals surface area contributed by atoms with Crippen molar-refractivity contribution < 1.29 is 17.9 Å². The van der Waals surface area contributed by atoms with Gasteiger partial charge in [0.2, 0.25) is 5.91 Å². The van der Waals surface area contributed by atoms with Gasteiger partial charge in [0.1, 0.15) is 12.3 Å². The summed E-state index contributed by atoms with van der Waals surface area (Å²) in [4.78, 5) is 17.5. The smallest absolute Gasteiger partial charge is 0.264 e. The van der Waals surface area contributed by atoms with E-state index in [1.165, 1.54) is 4.31 Å². The van der Waals surface area contributed by atoms with Gasteiger partial charge >= 0.3 is 0 Å². The monoisotopic (exact) mass is 541 g/mol. The second-order valence-corrected chi connectivity index (χ2v) is 11.3. The van der Waals surface area contributed by atoms with E-state index in [1.807, 2.05) is 39.0 Å². The number of rotatable bonds is 8. The number of halogens is 1. The molecule has 0 aliphatic carbocycles. The highest BCUT2D eigenvalue weighted by Gasteiger charge is 2.32. The second-order valence-electron chi connectivity index (χ2n) is 9.02. The number of amides is 1. The minimum absolute atomic E-state index is 0.124. The van der Waals surface area contributed by atoms with Crippen LogP contribution >= 0.6 is 11.6 Å². The van der Waals surface area contributed by atoms with Gasteiger partial charge in [0.15, 0.2) is 0 Å². The van der Waals surface area contributed by atoms with E-state index in [1.54, 1.807) is 53.4 Å². The van der Waals surface area contributed by atoms with Crippen LogP contribution in [0.1, 0.15) is 18.1 Å². The number of aryl methyl sites for hydroxylation is 2. The number of hydrogen-bond acceptors (Lipinski definition) is 5. The van der Waals surface area contributed by atoms with Crippen LogP contribution in [0.2, 0.25) is 5.02 Å². The van der Waals surface area contributed by atoms with E-state index < -0.39 is 10.0 Å². The summed E-state index contributed by atoms with van der Waals surface area (Å²) < 4.78 is 34.5. The Morgan fingerprint density at radius 1 is 0.973 bits per heavy atom. The summed E-state index contributed by atoms with van der Waals surface area (Å²) in [6, 6.07) is 19.3. The predicted octanol–water partition coefficient (Wildman–Crippen LogP) is 4.90. The minimum atomic E-state index is -4.03. The van der Waals surface area contributed by atoms with E-state index in [0.717, 1.165) is 16.8 Å². The van der Waals surface area contributed by atoms with Crippen LogP contribution in [0.3, 0.4) is 0 Å². The zero-order valence-corrected chi connectivity index (χ0v) is 22.9. The van der Waals surface area contributed by atoms with Gasteiger partial charge in [0.05, 0.1) is 17.2 Å². The third-order valence-corrected chi connectivity index (χ3v) is 8.47. The molecule has 1 aliphatic heterocycles. The van der Waals surface area contributed by atoms with E-state index in [0.29, 0.717) is 49.2 Å². The van der Waals surface area contributed by atoms with Crippen molar-refractivity contribution in [2.24, 2.45) is 0 Å². The van der Waals surface area contributed by atoms with Gasteiger partial charge in [-0.2, -0.15) is 0 Å². The summed E-state index contributed by atoms with van der Waals surface area (Å²) in [5, 5.41) is 0.670. The molecule has 0 unspecified atom stereocenters. The number of piperazine rings is 1. The molecule has 196 valence electrons. The van der Waals surface area contributed by atoms with Gasteiger partial charge in [-0.3, -0.25) is 9.10 Å². The first-order valence-electron chi connectivity index (χ1n) is 12.3. The average molecular weight is 542 g/mol.